The summed E-state index contributed by atoms with van der Waals surface area (Å²) in [5.41, 5.74) is 3.00. The Kier molecular flexibility index (Phi) is 6.11. The first-order valence-corrected chi connectivity index (χ1v) is 8.45. The summed E-state index contributed by atoms with van der Waals surface area (Å²) < 4.78 is 16.3. The van der Waals surface area contributed by atoms with Crippen LogP contribution in [-0.4, -0.2) is 45.3 Å². The van der Waals surface area contributed by atoms with E-state index in [1.54, 1.807) is 18.2 Å². The number of hydrogen-bond donors (Lipinski definition) is 0. The molecule has 0 aliphatic carbocycles. The van der Waals surface area contributed by atoms with E-state index in [2.05, 4.69) is 10.3 Å². The lowest BCUT2D eigenvalue weighted by Gasteiger charge is -2.12. The van der Waals surface area contributed by atoms with E-state index >= 15 is 0 Å². The fourth-order valence-electron chi connectivity index (χ4n) is 2.78. The third-order valence-electron chi connectivity index (χ3n) is 4.06. The predicted octanol–water partition coefficient (Wildman–Crippen LogP) is 2.53. The number of hydrogen-bond acceptors (Lipinski definition) is 8. The minimum Gasteiger partial charge on any atom is -0.489 e. The van der Waals surface area contributed by atoms with Crippen LogP contribution >= 0.6 is 0 Å². The highest BCUT2D eigenvalue weighted by Crippen LogP contribution is 2.30. The molecule has 2 aromatic carbocycles. The van der Waals surface area contributed by atoms with Gasteiger partial charge in [-0.05, 0) is 17.7 Å². The largest absolute Gasteiger partial charge is 0.489 e. The van der Waals surface area contributed by atoms with Crippen molar-refractivity contribution in [1.82, 2.24) is 0 Å². The molecule has 0 spiro atoms. The molecule has 28 heavy (non-hydrogen) atoms. The highest BCUT2D eigenvalue weighted by Gasteiger charge is 2.22. The normalized spacial score (nSPS) is 14.2. The SMILES string of the molecule is CON=C1COc2cc(OCc3ccccc3/C(=N\OC)C(=O)OC)ccc21. The molecule has 0 bridgehead atoms. The smallest absolute Gasteiger partial charge is 0.360 e. The van der Waals surface area contributed by atoms with E-state index in [4.69, 9.17) is 23.9 Å². The molecule has 0 unspecified atom stereocenters. The van der Waals surface area contributed by atoms with Gasteiger partial charge in [-0.1, -0.05) is 34.6 Å². The lowest BCUT2D eigenvalue weighted by molar-refractivity contribution is -0.132. The maximum absolute atomic E-state index is 12.0. The lowest BCUT2D eigenvalue weighted by Crippen LogP contribution is -2.19. The van der Waals surface area contributed by atoms with Crippen molar-refractivity contribution in [3.63, 3.8) is 0 Å². The van der Waals surface area contributed by atoms with Crippen molar-refractivity contribution in [2.24, 2.45) is 10.3 Å². The first-order chi connectivity index (χ1) is 13.7. The van der Waals surface area contributed by atoms with Gasteiger partial charge in [-0.2, -0.15) is 0 Å². The molecular weight excluding hydrogens is 364 g/mol. The molecule has 0 radical (unpaired) electrons. The summed E-state index contributed by atoms with van der Waals surface area (Å²) in [6.45, 7) is 0.569. The van der Waals surface area contributed by atoms with Gasteiger partial charge in [0.1, 0.15) is 44.6 Å². The maximum atomic E-state index is 12.0. The van der Waals surface area contributed by atoms with E-state index in [-0.39, 0.29) is 12.3 Å². The average Bonchev–Trinajstić information content (AvgIpc) is 3.12. The van der Waals surface area contributed by atoms with Crippen LogP contribution in [0.25, 0.3) is 0 Å². The quantitative estimate of drug-likeness (QED) is 0.414. The molecule has 146 valence electrons. The summed E-state index contributed by atoms with van der Waals surface area (Å²) in [4.78, 5) is 21.6. The second kappa shape index (κ2) is 8.90. The van der Waals surface area contributed by atoms with Crippen LogP contribution in [0.1, 0.15) is 16.7 Å². The zero-order chi connectivity index (χ0) is 19.9. The van der Waals surface area contributed by atoms with Gasteiger partial charge in [-0.3, -0.25) is 0 Å². The standard InChI is InChI=1S/C20H20N2O6/c1-24-20(23)19(22-26-3)15-7-5-4-6-13(15)11-27-14-8-9-16-17(21-25-2)12-28-18(16)10-14/h4-10H,11-12H2,1-3H3/b21-17?,22-19+. The molecule has 0 saturated heterocycles. The topological polar surface area (TPSA) is 87.9 Å². The van der Waals surface area contributed by atoms with Gasteiger partial charge in [0.15, 0.2) is 5.71 Å². The maximum Gasteiger partial charge on any atom is 0.360 e. The molecule has 0 atom stereocenters. The van der Waals surface area contributed by atoms with Gasteiger partial charge < -0.3 is 23.9 Å². The van der Waals surface area contributed by atoms with Crippen molar-refractivity contribution < 1.29 is 28.7 Å². The Morgan fingerprint density at radius 1 is 1.11 bits per heavy atom. The predicted molar refractivity (Wildman–Crippen MR) is 102 cm³/mol. The number of rotatable bonds is 7. The number of fused-ring (bicyclic) bond motifs is 1. The summed E-state index contributed by atoms with van der Waals surface area (Å²) in [5, 5.41) is 7.74. The van der Waals surface area contributed by atoms with Gasteiger partial charge in [0.2, 0.25) is 0 Å². The second-order valence-electron chi connectivity index (χ2n) is 5.73. The molecule has 3 rings (SSSR count). The lowest BCUT2D eigenvalue weighted by atomic mass is 10.0. The third kappa shape index (κ3) is 4.06. The summed E-state index contributed by atoms with van der Waals surface area (Å²) in [6.07, 6.45) is 0. The highest BCUT2D eigenvalue weighted by molar-refractivity contribution is 6.43. The Morgan fingerprint density at radius 2 is 1.93 bits per heavy atom. The number of benzene rings is 2. The molecule has 8 heteroatoms. The molecule has 0 fully saturated rings. The van der Waals surface area contributed by atoms with Crippen LogP contribution in [0.2, 0.25) is 0 Å². The van der Waals surface area contributed by atoms with Crippen LogP contribution in [0, 0.1) is 0 Å². The fraction of sp³-hybridized carbons (Fsp3) is 0.250. The van der Waals surface area contributed by atoms with E-state index in [9.17, 15) is 4.79 Å². The number of nitrogens with zero attached hydrogens (tertiary/aromatic N) is 2. The fourth-order valence-corrected chi connectivity index (χ4v) is 2.78. The molecule has 0 N–H and O–H groups in total. The van der Waals surface area contributed by atoms with Gasteiger partial charge in [0.25, 0.3) is 0 Å². The zero-order valence-corrected chi connectivity index (χ0v) is 15.8. The monoisotopic (exact) mass is 384 g/mol. The Hall–Kier alpha value is -3.55. The zero-order valence-electron chi connectivity index (χ0n) is 15.8. The van der Waals surface area contributed by atoms with E-state index in [0.717, 1.165) is 16.8 Å². The first-order valence-electron chi connectivity index (χ1n) is 8.45. The summed E-state index contributed by atoms with van der Waals surface area (Å²) in [7, 11) is 4.15. The summed E-state index contributed by atoms with van der Waals surface area (Å²) in [6, 6.07) is 12.7. The molecule has 8 nitrogen and oxygen atoms in total. The number of carbonyl (C=O) groups excluding carboxylic acids is 1. The Balaban J connectivity index is 1.80. The minimum atomic E-state index is -0.592. The van der Waals surface area contributed by atoms with Crippen LogP contribution in [0.5, 0.6) is 11.5 Å². The Morgan fingerprint density at radius 3 is 2.68 bits per heavy atom. The first kappa shape index (κ1) is 19.2. The summed E-state index contributed by atoms with van der Waals surface area (Å²) in [5.74, 6) is 0.707. The van der Waals surface area contributed by atoms with Crippen LogP contribution in [0.15, 0.2) is 52.8 Å². The van der Waals surface area contributed by atoms with Crippen molar-refractivity contribution in [3.8, 4) is 11.5 Å². The molecular formula is C20H20N2O6. The number of ether oxygens (including phenoxy) is 3. The van der Waals surface area contributed by atoms with Crippen LogP contribution in [0.3, 0.4) is 0 Å². The van der Waals surface area contributed by atoms with E-state index < -0.39 is 5.97 Å². The van der Waals surface area contributed by atoms with Gasteiger partial charge in [0, 0.05) is 17.2 Å². The van der Waals surface area contributed by atoms with Gasteiger partial charge in [-0.25, -0.2) is 4.79 Å². The van der Waals surface area contributed by atoms with E-state index in [1.165, 1.54) is 21.3 Å². The molecule has 0 aromatic heterocycles. The second-order valence-corrected chi connectivity index (χ2v) is 5.73. The molecule has 1 heterocycles. The summed E-state index contributed by atoms with van der Waals surface area (Å²) >= 11 is 0. The van der Waals surface area contributed by atoms with E-state index in [1.807, 2.05) is 24.3 Å². The third-order valence-corrected chi connectivity index (χ3v) is 4.06. The number of carbonyl (C=O) groups is 1. The van der Waals surface area contributed by atoms with Crippen LogP contribution in [0.4, 0.5) is 0 Å². The Labute approximate surface area is 162 Å². The van der Waals surface area contributed by atoms with Crippen molar-refractivity contribution in [3.05, 3.63) is 59.2 Å². The number of oxime groups is 2. The minimum absolute atomic E-state index is 0.0712. The van der Waals surface area contributed by atoms with Crippen LogP contribution in [-0.2, 0) is 25.8 Å². The molecule has 0 amide bonds. The van der Waals surface area contributed by atoms with Crippen molar-refractivity contribution in [2.75, 3.05) is 27.9 Å². The van der Waals surface area contributed by atoms with Crippen molar-refractivity contribution >= 4 is 17.4 Å². The molecule has 0 saturated carbocycles. The molecule has 1 aliphatic rings. The average molecular weight is 384 g/mol. The molecule has 1 aliphatic heterocycles. The number of esters is 1. The van der Waals surface area contributed by atoms with E-state index in [0.29, 0.717) is 23.7 Å². The Bertz CT molecular complexity index is 923. The number of methoxy groups -OCH3 is 1. The highest BCUT2D eigenvalue weighted by atomic mass is 16.6. The van der Waals surface area contributed by atoms with Gasteiger partial charge >= 0.3 is 5.97 Å². The van der Waals surface area contributed by atoms with Crippen LogP contribution < -0.4 is 9.47 Å². The van der Waals surface area contributed by atoms with Crippen molar-refractivity contribution in [1.29, 1.82) is 0 Å². The van der Waals surface area contributed by atoms with Crippen molar-refractivity contribution in [2.45, 2.75) is 6.61 Å². The van der Waals surface area contributed by atoms with Gasteiger partial charge in [0.05, 0.1) is 7.11 Å². The molecule has 2 aromatic rings. The van der Waals surface area contributed by atoms with Gasteiger partial charge in [-0.15, -0.1) is 0 Å².